The van der Waals surface area contributed by atoms with Gasteiger partial charge in [0.25, 0.3) is 5.56 Å². The van der Waals surface area contributed by atoms with Crippen molar-refractivity contribution in [2.45, 2.75) is 5.16 Å². The highest BCUT2D eigenvalue weighted by Crippen LogP contribution is 2.18. The molecule has 0 atom stereocenters. The van der Waals surface area contributed by atoms with Gasteiger partial charge in [0.1, 0.15) is 0 Å². The Kier molecular flexibility index (Phi) is 3.62. The Hall–Kier alpha value is -2.34. The van der Waals surface area contributed by atoms with E-state index in [1.54, 1.807) is 37.4 Å². The van der Waals surface area contributed by atoms with Crippen LogP contribution in [0.4, 0.5) is 0 Å². The zero-order chi connectivity index (χ0) is 14.8. The summed E-state index contributed by atoms with van der Waals surface area (Å²) in [4.78, 5) is 28.6. The monoisotopic (exact) mass is 300 g/mol. The number of rotatable bonds is 4. The molecule has 2 heterocycles. The summed E-state index contributed by atoms with van der Waals surface area (Å²) in [5, 5.41) is 1.08. The van der Waals surface area contributed by atoms with Crippen molar-refractivity contribution < 1.29 is 9.21 Å². The normalized spacial score (nSPS) is 10.9. The summed E-state index contributed by atoms with van der Waals surface area (Å²) in [5.41, 5.74) is 0.516. The average molecular weight is 300 g/mol. The van der Waals surface area contributed by atoms with E-state index in [1.807, 2.05) is 6.07 Å². The Balaban J connectivity index is 1.89. The Bertz CT molecular complexity index is 853. The van der Waals surface area contributed by atoms with Gasteiger partial charge in [0.05, 0.1) is 22.9 Å². The minimum Gasteiger partial charge on any atom is -0.461 e. The summed E-state index contributed by atoms with van der Waals surface area (Å²) < 4.78 is 6.52. The van der Waals surface area contributed by atoms with Gasteiger partial charge in [-0.3, -0.25) is 14.2 Å². The van der Waals surface area contributed by atoms with Crippen molar-refractivity contribution in [2.24, 2.45) is 7.05 Å². The van der Waals surface area contributed by atoms with Gasteiger partial charge in [-0.05, 0) is 24.3 Å². The van der Waals surface area contributed by atoms with Crippen molar-refractivity contribution in [1.29, 1.82) is 0 Å². The molecule has 0 aliphatic carbocycles. The summed E-state index contributed by atoms with van der Waals surface area (Å²) in [6.07, 6.45) is 1.46. The number of hydrogen-bond donors (Lipinski definition) is 0. The Morgan fingerprint density at radius 2 is 2.10 bits per heavy atom. The number of thioether (sulfide) groups is 1. The highest BCUT2D eigenvalue weighted by Gasteiger charge is 2.13. The lowest BCUT2D eigenvalue weighted by Crippen LogP contribution is -2.20. The maximum absolute atomic E-state index is 12.2. The minimum atomic E-state index is -0.132. The van der Waals surface area contributed by atoms with Crippen molar-refractivity contribution in [1.82, 2.24) is 9.55 Å². The highest BCUT2D eigenvalue weighted by atomic mass is 32.2. The van der Waals surface area contributed by atoms with Crippen LogP contribution >= 0.6 is 11.8 Å². The zero-order valence-corrected chi connectivity index (χ0v) is 12.1. The van der Waals surface area contributed by atoms with E-state index in [9.17, 15) is 9.59 Å². The molecule has 1 aromatic carbocycles. The fourth-order valence-corrected chi connectivity index (χ4v) is 2.81. The first-order valence-electron chi connectivity index (χ1n) is 6.32. The van der Waals surface area contributed by atoms with E-state index in [2.05, 4.69) is 4.98 Å². The lowest BCUT2D eigenvalue weighted by Gasteiger charge is -2.07. The van der Waals surface area contributed by atoms with Gasteiger partial charge in [-0.25, -0.2) is 4.98 Å². The maximum Gasteiger partial charge on any atom is 0.261 e. The number of Topliss-reactive ketones (excluding diaryl/α,β-unsaturated/α-hetero) is 1. The van der Waals surface area contributed by atoms with Gasteiger partial charge < -0.3 is 4.42 Å². The van der Waals surface area contributed by atoms with Crippen molar-refractivity contribution >= 4 is 28.4 Å². The molecule has 0 radical (unpaired) electrons. The zero-order valence-electron chi connectivity index (χ0n) is 11.3. The molecule has 6 heteroatoms. The third-order valence-electron chi connectivity index (χ3n) is 3.07. The van der Waals surface area contributed by atoms with Gasteiger partial charge in [-0.2, -0.15) is 0 Å². The molecule has 3 rings (SSSR count). The van der Waals surface area contributed by atoms with Crippen LogP contribution in [0.2, 0.25) is 0 Å². The average Bonchev–Trinajstić information content (AvgIpc) is 3.03. The quantitative estimate of drug-likeness (QED) is 0.421. The molecule has 0 saturated carbocycles. The number of nitrogens with zero attached hydrogens (tertiary/aromatic N) is 2. The predicted molar refractivity (Wildman–Crippen MR) is 80.7 cm³/mol. The summed E-state index contributed by atoms with van der Waals surface area (Å²) in [6, 6.07) is 10.5. The highest BCUT2D eigenvalue weighted by molar-refractivity contribution is 7.99. The largest absolute Gasteiger partial charge is 0.461 e. The molecule has 2 aromatic heterocycles. The van der Waals surface area contributed by atoms with Crippen LogP contribution in [0.25, 0.3) is 10.9 Å². The lowest BCUT2D eigenvalue weighted by molar-refractivity contribution is 0.0992. The van der Waals surface area contributed by atoms with Gasteiger partial charge in [-0.1, -0.05) is 23.9 Å². The van der Waals surface area contributed by atoms with E-state index < -0.39 is 0 Å². The standard InChI is InChI=1S/C15H12N2O3S/c1-17-14(19)10-5-2-3-6-11(10)16-15(17)21-9-12(18)13-7-4-8-20-13/h2-8H,9H2,1H3. The van der Waals surface area contributed by atoms with Gasteiger partial charge in [-0.15, -0.1) is 0 Å². The molecule has 0 bridgehead atoms. The Morgan fingerprint density at radius 1 is 1.29 bits per heavy atom. The summed E-state index contributed by atoms with van der Waals surface area (Å²) >= 11 is 1.22. The predicted octanol–water partition coefficient (Wildman–Crippen LogP) is 2.50. The number of hydrogen-bond acceptors (Lipinski definition) is 5. The van der Waals surface area contributed by atoms with Gasteiger partial charge in [0.15, 0.2) is 10.9 Å². The summed E-state index contributed by atoms with van der Waals surface area (Å²) in [5.74, 6) is 0.354. The molecule has 3 aromatic rings. The molecule has 0 fully saturated rings. The lowest BCUT2D eigenvalue weighted by atomic mass is 10.2. The second-order valence-electron chi connectivity index (χ2n) is 4.46. The molecular weight excluding hydrogens is 288 g/mol. The van der Waals surface area contributed by atoms with Crippen molar-refractivity contribution in [3.05, 3.63) is 58.8 Å². The second-order valence-corrected chi connectivity index (χ2v) is 5.41. The molecule has 0 unspecified atom stereocenters. The first-order chi connectivity index (χ1) is 10.2. The molecule has 0 N–H and O–H groups in total. The summed E-state index contributed by atoms with van der Waals surface area (Å²) in [7, 11) is 1.65. The summed E-state index contributed by atoms with van der Waals surface area (Å²) in [6.45, 7) is 0. The van der Waals surface area contributed by atoms with Crippen LogP contribution in [0.1, 0.15) is 10.6 Å². The van der Waals surface area contributed by atoms with Crippen molar-refractivity contribution in [3.63, 3.8) is 0 Å². The molecule has 0 spiro atoms. The number of carbonyl (C=O) groups excluding carboxylic acids is 1. The van der Waals surface area contributed by atoms with E-state index in [0.29, 0.717) is 21.8 Å². The van der Waals surface area contributed by atoms with Crippen molar-refractivity contribution in [3.8, 4) is 0 Å². The van der Waals surface area contributed by atoms with Crippen LogP contribution in [0.15, 0.2) is 57.0 Å². The second kappa shape index (κ2) is 5.57. The molecule has 0 saturated heterocycles. The fraction of sp³-hybridized carbons (Fsp3) is 0.133. The Labute approximate surface area is 124 Å². The maximum atomic E-state index is 12.2. The molecule has 0 aliphatic rings. The van der Waals surface area contributed by atoms with E-state index in [-0.39, 0.29) is 17.1 Å². The van der Waals surface area contributed by atoms with Gasteiger partial charge in [0.2, 0.25) is 5.78 Å². The first-order valence-corrected chi connectivity index (χ1v) is 7.30. The number of para-hydroxylation sites is 1. The fourth-order valence-electron chi connectivity index (χ4n) is 1.97. The minimum absolute atomic E-state index is 0.117. The molecule has 0 amide bonds. The van der Waals surface area contributed by atoms with E-state index in [0.717, 1.165) is 0 Å². The van der Waals surface area contributed by atoms with Crippen LogP contribution < -0.4 is 5.56 Å². The van der Waals surface area contributed by atoms with Gasteiger partial charge in [0, 0.05) is 7.05 Å². The molecule has 106 valence electrons. The number of aromatic nitrogens is 2. The van der Waals surface area contributed by atoms with E-state index >= 15 is 0 Å². The smallest absolute Gasteiger partial charge is 0.261 e. The third kappa shape index (κ3) is 2.62. The number of ketones is 1. The van der Waals surface area contributed by atoms with Crippen LogP contribution in [0.3, 0.4) is 0 Å². The van der Waals surface area contributed by atoms with Crippen LogP contribution in [-0.2, 0) is 7.05 Å². The van der Waals surface area contributed by atoms with E-state index in [1.165, 1.54) is 22.6 Å². The third-order valence-corrected chi connectivity index (χ3v) is 4.10. The topological polar surface area (TPSA) is 65.1 Å². The number of furan rings is 1. The Morgan fingerprint density at radius 3 is 2.86 bits per heavy atom. The SMILES string of the molecule is Cn1c(SCC(=O)c2ccco2)nc2ccccc2c1=O. The van der Waals surface area contributed by atoms with Crippen LogP contribution in [0.5, 0.6) is 0 Å². The first kappa shape index (κ1) is 13.6. The van der Waals surface area contributed by atoms with Crippen molar-refractivity contribution in [2.75, 3.05) is 5.75 Å². The molecule has 21 heavy (non-hydrogen) atoms. The van der Waals surface area contributed by atoms with E-state index in [4.69, 9.17) is 4.42 Å². The number of carbonyl (C=O) groups is 1. The molecular formula is C15H12N2O3S. The number of fused-ring (bicyclic) bond motifs is 1. The number of benzene rings is 1. The van der Waals surface area contributed by atoms with Crippen LogP contribution in [0, 0.1) is 0 Å². The van der Waals surface area contributed by atoms with Gasteiger partial charge >= 0.3 is 0 Å². The molecule has 5 nitrogen and oxygen atoms in total. The molecule has 0 aliphatic heterocycles. The van der Waals surface area contributed by atoms with Crippen LogP contribution in [-0.4, -0.2) is 21.1 Å².